The molecule has 0 aromatic carbocycles. The summed E-state index contributed by atoms with van der Waals surface area (Å²) >= 11 is 0. The number of nitrogens with one attached hydrogen (secondary N) is 2. The molecular formula is C13H25N3O3. The van der Waals surface area contributed by atoms with Gasteiger partial charge in [0.1, 0.15) is 12.1 Å². The molecule has 3 atom stereocenters. The fraction of sp³-hybridized carbons (Fsp3) is 0.769. The second kappa shape index (κ2) is 7.76. The lowest BCUT2D eigenvalue weighted by Crippen LogP contribution is -2.56. The Morgan fingerprint density at radius 3 is 1.89 bits per heavy atom. The van der Waals surface area contributed by atoms with E-state index in [1.165, 1.54) is 6.92 Å². The van der Waals surface area contributed by atoms with Crippen LogP contribution < -0.4 is 16.4 Å². The number of carbonyl (C=O) groups is 3. The van der Waals surface area contributed by atoms with E-state index in [-0.39, 0.29) is 23.7 Å². The van der Waals surface area contributed by atoms with Crippen molar-refractivity contribution in [1.82, 2.24) is 10.6 Å². The Balaban J connectivity index is 4.85. The minimum atomic E-state index is -0.715. The van der Waals surface area contributed by atoms with Crippen molar-refractivity contribution in [3.63, 3.8) is 0 Å². The van der Waals surface area contributed by atoms with Crippen LogP contribution in [0.15, 0.2) is 0 Å². The van der Waals surface area contributed by atoms with Gasteiger partial charge in [0.25, 0.3) is 0 Å². The van der Waals surface area contributed by atoms with Crippen LogP contribution in [0.2, 0.25) is 0 Å². The van der Waals surface area contributed by atoms with E-state index >= 15 is 0 Å². The lowest BCUT2D eigenvalue weighted by Gasteiger charge is -2.26. The number of rotatable bonds is 7. The SMILES string of the molecule is CC[C@@H](C)[C@@H](NC(=O)[C@H](NC(C)=O)C(C)C)C(N)=O. The van der Waals surface area contributed by atoms with Gasteiger partial charge in [0, 0.05) is 6.92 Å². The van der Waals surface area contributed by atoms with Crippen LogP contribution in [0.4, 0.5) is 0 Å². The molecule has 6 nitrogen and oxygen atoms in total. The van der Waals surface area contributed by atoms with E-state index in [2.05, 4.69) is 10.6 Å². The van der Waals surface area contributed by atoms with E-state index in [1.807, 2.05) is 27.7 Å². The Morgan fingerprint density at radius 2 is 1.58 bits per heavy atom. The lowest BCUT2D eigenvalue weighted by molar-refractivity contribution is -0.132. The van der Waals surface area contributed by atoms with Crippen LogP contribution in [-0.4, -0.2) is 29.8 Å². The average molecular weight is 271 g/mol. The van der Waals surface area contributed by atoms with Crippen molar-refractivity contribution in [2.45, 2.75) is 53.1 Å². The minimum absolute atomic E-state index is 0.0495. The number of hydrogen-bond acceptors (Lipinski definition) is 3. The van der Waals surface area contributed by atoms with E-state index in [0.29, 0.717) is 0 Å². The molecule has 0 aliphatic carbocycles. The largest absolute Gasteiger partial charge is 0.368 e. The number of hydrogen-bond donors (Lipinski definition) is 3. The first-order valence-corrected chi connectivity index (χ1v) is 6.57. The van der Waals surface area contributed by atoms with Gasteiger partial charge < -0.3 is 16.4 Å². The smallest absolute Gasteiger partial charge is 0.243 e. The molecule has 0 saturated heterocycles. The maximum atomic E-state index is 12.1. The zero-order valence-electron chi connectivity index (χ0n) is 12.3. The second-order valence-electron chi connectivity index (χ2n) is 5.20. The number of carbonyl (C=O) groups excluding carboxylic acids is 3. The highest BCUT2D eigenvalue weighted by Crippen LogP contribution is 2.09. The molecule has 19 heavy (non-hydrogen) atoms. The normalized spacial score (nSPS) is 15.5. The molecule has 4 N–H and O–H groups in total. The monoisotopic (exact) mass is 271 g/mol. The molecule has 6 heteroatoms. The van der Waals surface area contributed by atoms with Crippen molar-refractivity contribution in [2.24, 2.45) is 17.6 Å². The molecular weight excluding hydrogens is 246 g/mol. The van der Waals surface area contributed by atoms with Crippen molar-refractivity contribution in [3.8, 4) is 0 Å². The molecule has 0 radical (unpaired) electrons. The van der Waals surface area contributed by atoms with Gasteiger partial charge in [-0.05, 0) is 11.8 Å². The summed E-state index contributed by atoms with van der Waals surface area (Å²) in [4.78, 5) is 34.6. The highest BCUT2D eigenvalue weighted by atomic mass is 16.2. The zero-order valence-corrected chi connectivity index (χ0v) is 12.3. The molecule has 0 unspecified atom stereocenters. The van der Waals surface area contributed by atoms with Crippen molar-refractivity contribution in [2.75, 3.05) is 0 Å². The van der Waals surface area contributed by atoms with E-state index in [9.17, 15) is 14.4 Å². The molecule has 0 bridgehead atoms. The molecule has 3 amide bonds. The standard InChI is InChI=1S/C13H25N3O3/c1-6-8(4)11(12(14)18)16-13(19)10(7(2)3)15-9(5)17/h7-8,10-11H,6H2,1-5H3,(H2,14,18)(H,15,17)(H,16,19)/t8-,10-,11-/m1/s1. The van der Waals surface area contributed by atoms with Crippen molar-refractivity contribution >= 4 is 17.7 Å². The fourth-order valence-electron chi connectivity index (χ4n) is 1.73. The third kappa shape index (κ3) is 5.72. The van der Waals surface area contributed by atoms with Crippen LogP contribution in [0.5, 0.6) is 0 Å². The average Bonchev–Trinajstić information content (AvgIpc) is 2.30. The summed E-state index contributed by atoms with van der Waals surface area (Å²) in [7, 11) is 0. The third-order valence-corrected chi connectivity index (χ3v) is 3.13. The van der Waals surface area contributed by atoms with Crippen LogP contribution in [0.25, 0.3) is 0 Å². The Kier molecular flexibility index (Phi) is 7.11. The lowest BCUT2D eigenvalue weighted by atomic mass is 9.97. The maximum Gasteiger partial charge on any atom is 0.243 e. The number of nitrogens with two attached hydrogens (primary N) is 1. The summed E-state index contributed by atoms with van der Waals surface area (Å²) in [5.74, 6) is -1.35. The second-order valence-corrected chi connectivity index (χ2v) is 5.20. The predicted octanol–water partition coefficient (Wildman–Crippen LogP) is 0.163. The van der Waals surface area contributed by atoms with E-state index in [4.69, 9.17) is 5.73 Å². The summed E-state index contributed by atoms with van der Waals surface area (Å²) in [5, 5.41) is 5.20. The summed E-state index contributed by atoms with van der Waals surface area (Å²) in [6.07, 6.45) is 0.723. The first-order valence-electron chi connectivity index (χ1n) is 6.57. The van der Waals surface area contributed by atoms with Gasteiger partial charge in [-0.1, -0.05) is 34.1 Å². The van der Waals surface area contributed by atoms with Gasteiger partial charge in [-0.2, -0.15) is 0 Å². The Hall–Kier alpha value is -1.59. The van der Waals surface area contributed by atoms with Crippen molar-refractivity contribution in [1.29, 1.82) is 0 Å². The topological polar surface area (TPSA) is 101 Å². The van der Waals surface area contributed by atoms with Gasteiger partial charge in [-0.3, -0.25) is 14.4 Å². The maximum absolute atomic E-state index is 12.1. The van der Waals surface area contributed by atoms with Gasteiger partial charge in [0.15, 0.2) is 0 Å². The number of primary amides is 1. The fourth-order valence-corrected chi connectivity index (χ4v) is 1.73. The van der Waals surface area contributed by atoms with Crippen molar-refractivity contribution in [3.05, 3.63) is 0 Å². The summed E-state index contributed by atoms with van der Waals surface area (Å²) in [5.41, 5.74) is 5.30. The number of amides is 3. The third-order valence-electron chi connectivity index (χ3n) is 3.13. The van der Waals surface area contributed by atoms with E-state index in [1.54, 1.807) is 0 Å². The highest BCUT2D eigenvalue weighted by molar-refractivity contribution is 5.91. The molecule has 0 aromatic rings. The molecule has 0 saturated carbocycles. The highest BCUT2D eigenvalue weighted by Gasteiger charge is 2.29. The van der Waals surface area contributed by atoms with Crippen LogP contribution in [0.1, 0.15) is 41.0 Å². The molecule has 0 fully saturated rings. The molecule has 0 spiro atoms. The van der Waals surface area contributed by atoms with Crippen molar-refractivity contribution < 1.29 is 14.4 Å². The minimum Gasteiger partial charge on any atom is -0.368 e. The Morgan fingerprint density at radius 1 is 1.05 bits per heavy atom. The molecule has 0 aliphatic heterocycles. The van der Waals surface area contributed by atoms with Crippen LogP contribution in [0, 0.1) is 11.8 Å². The van der Waals surface area contributed by atoms with E-state index in [0.717, 1.165) is 6.42 Å². The molecule has 0 aliphatic rings. The summed E-state index contributed by atoms with van der Waals surface area (Å²) in [6.45, 7) is 8.76. The van der Waals surface area contributed by atoms with Crippen LogP contribution >= 0.6 is 0 Å². The molecule has 0 heterocycles. The Bertz CT molecular complexity index is 342. The van der Waals surface area contributed by atoms with E-state index < -0.39 is 18.0 Å². The predicted molar refractivity (Wildman–Crippen MR) is 73.0 cm³/mol. The first-order chi connectivity index (χ1) is 8.70. The Labute approximate surface area is 114 Å². The molecule has 110 valence electrons. The zero-order chi connectivity index (χ0) is 15.2. The van der Waals surface area contributed by atoms with Crippen LogP contribution in [0.3, 0.4) is 0 Å². The van der Waals surface area contributed by atoms with Gasteiger partial charge >= 0.3 is 0 Å². The van der Waals surface area contributed by atoms with Gasteiger partial charge in [-0.25, -0.2) is 0 Å². The van der Waals surface area contributed by atoms with Gasteiger partial charge in [0.2, 0.25) is 17.7 Å². The van der Waals surface area contributed by atoms with Crippen LogP contribution in [-0.2, 0) is 14.4 Å². The quantitative estimate of drug-likeness (QED) is 0.615. The molecule has 0 rings (SSSR count). The first kappa shape index (κ1) is 17.4. The van der Waals surface area contributed by atoms with Gasteiger partial charge in [0.05, 0.1) is 0 Å². The molecule has 0 aromatic heterocycles. The summed E-state index contributed by atoms with van der Waals surface area (Å²) in [6, 6.07) is -1.38. The van der Waals surface area contributed by atoms with Gasteiger partial charge in [-0.15, -0.1) is 0 Å². The summed E-state index contributed by atoms with van der Waals surface area (Å²) < 4.78 is 0.